The quantitative estimate of drug-likeness (QED) is 0.787. The number of carbonyl (C=O) groups is 1. The monoisotopic (exact) mass is 296 g/mol. The van der Waals surface area contributed by atoms with Crippen molar-refractivity contribution in [2.75, 3.05) is 7.11 Å². The second kappa shape index (κ2) is 4.48. The van der Waals surface area contributed by atoms with E-state index in [4.69, 9.17) is 9.47 Å². The molecule has 0 saturated carbocycles. The lowest BCUT2D eigenvalue weighted by Crippen LogP contribution is -2.35. The SMILES string of the molecule is COc1ccc2c(c1)O[C@@H](C)C1=C2CC[C@@]2(C)C(=O)CC=C12. The largest absolute Gasteiger partial charge is 0.497 e. The third kappa shape index (κ3) is 1.65. The average Bonchev–Trinajstić information content (AvgIpc) is 2.82. The lowest BCUT2D eigenvalue weighted by Gasteiger charge is -2.40. The van der Waals surface area contributed by atoms with Crippen LogP contribution in [0, 0.1) is 5.41 Å². The number of rotatable bonds is 1. The van der Waals surface area contributed by atoms with Gasteiger partial charge in [-0.1, -0.05) is 6.08 Å². The number of allylic oxidation sites excluding steroid dienone is 2. The molecule has 0 fully saturated rings. The highest BCUT2D eigenvalue weighted by Gasteiger charge is 2.47. The van der Waals surface area contributed by atoms with Crippen LogP contribution in [0.5, 0.6) is 11.5 Å². The predicted molar refractivity (Wildman–Crippen MR) is 85.1 cm³/mol. The highest BCUT2D eigenvalue weighted by Crippen LogP contribution is 2.55. The van der Waals surface area contributed by atoms with E-state index in [0.29, 0.717) is 12.2 Å². The molecular weight excluding hydrogens is 276 g/mol. The van der Waals surface area contributed by atoms with Crippen molar-refractivity contribution in [3.63, 3.8) is 0 Å². The standard InChI is InChI=1S/C19H20O3/c1-11-18-14(8-9-19(2)15(18)6-7-17(19)20)13-5-4-12(21-3)10-16(13)22-11/h4-6,10-11H,7-9H2,1-3H3/t11-,19+/m0/s1. The van der Waals surface area contributed by atoms with Crippen LogP contribution >= 0.6 is 0 Å². The number of benzene rings is 1. The molecule has 0 radical (unpaired) electrons. The zero-order valence-electron chi connectivity index (χ0n) is 13.2. The molecular formula is C19H20O3. The molecule has 0 N–H and O–H groups in total. The molecule has 1 aromatic carbocycles. The Balaban J connectivity index is 1.89. The Hall–Kier alpha value is -2.03. The Kier molecular flexibility index (Phi) is 2.77. The molecule has 4 rings (SSSR count). The van der Waals surface area contributed by atoms with Crippen molar-refractivity contribution in [3.8, 4) is 11.5 Å². The number of hydrogen-bond donors (Lipinski definition) is 0. The zero-order valence-corrected chi connectivity index (χ0v) is 13.2. The fourth-order valence-electron chi connectivity index (χ4n) is 4.12. The Morgan fingerprint density at radius 1 is 1.36 bits per heavy atom. The number of methoxy groups -OCH3 is 1. The van der Waals surface area contributed by atoms with Crippen LogP contribution in [0.3, 0.4) is 0 Å². The van der Waals surface area contributed by atoms with E-state index in [9.17, 15) is 4.79 Å². The lowest BCUT2D eigenvalue weighted by molar-refractivity contribution is -0.124. The molecule has 2 atom stereocenters. The summed E-state index contributed by atoms with van der Waals surface area (Å²) in [6, 6.07) is 6.01. The van der Waals surface area contributed by atoms with Gasteiger partial charge in [0.05, 0.1) is 12.5 Å². The zero-order chi connectivity index (χ0) is 15.5. The van der Waals surface area contributed by atoms with Crippen LogP contribution in [-0.2, 0) is 4.79 Å². The summed E-state index contributed by atoms with van der Waals surface area (Å²) in [5, 5.41) is 0. The number of hydrogen-bond acceptors (Lipinski definition) is 3. The second-order valence-corrected chi connectivity index (χ2v) is 6.59. The number of ether oxygens (including phenoxy) is 2. The van der Waals surface area contributed by atoms with Crippen LogP contribution in [0.4, 0.5) is 0 Å². The molecule has 3 aliphatic rings. The summed E-state index contributed by atoms with van der Waals surface area (Å²) in [5.74, 6) is 2.05. The van der Waals surface area contributed by atoms with Crippen molar-refractivity contribution in [1.29, 1.82) is 0 Å². The first-order valence-electron chi connectivity index (χ1n) is 7.87. The first-order valence-corrected chi connectivity index (χ1v) is 7.87. The molecule has 3 heteroatoms. The summed E-state index contributed by atoms with van der Waals surface area (Å²) in [6.45, 7) is 4.17. The summed E-state index contributed by atoms with van der Waals surface area (Å²) in [6.07, 6.45) is 4.48. The number of Topliss-reactive ketones (excluding diaryl/α,β-unsaturated/α-hetero) is 1. The van der Waals surface area contributed by atoms with Gasteiger partial charge >= 0.3 is 0 Å². The minimum atomic E-state index is -0.305. The van der Waals surface area contributed by atoms with Crippen molar-refractivity contribution in [2.45, 2.75) is 39.2 Å². The molecule has 0 bridgehead atoms. The summed E-state index contributed by atoms with van der Waals surface area (Å²) in [4.78, 5) is 12.3. The van der Waals surface area contributed by atoms with E-state index in [2.05, 4.69) is 26.0 Å². The van der Waals surface area contributed by atoms with Crippen LogP contribution in [0.2, 0.25) is 0 Å². The van der Waals surface area contributed by atoms with Gasteiger partial charge in [-0.2, -0.15) is 0 Å². The smallest absolute Gasteiger partial charge is 0.146 e. The van der Waals surface area contributed by atoms with E-state index in [1.807, 2.05) is 12.1 Å². The van der Waals surface area contributed by atoms with Crippen LogP contribution in [0.15, 0.2) is 35.4 Å². The van der Waals surface area contributed by atoms with E-state index in [0.717, 1.165) is 29.9 Å². The molecule has 0 unspecified atom stereocenters. The van der Waals surface area contributed by atoms with E-state index in [1.54, 1.807) is 7.11 Å². The summed E-state index contributed by atoms with van der Waals surface area (Å²) in [7, 11) is 1.67. The van der Waals surface area contributed by atoms with Crippen molar-refractivity contribution in [2.24, 2.45) is 5.41 Å². The number of fused-ring (bicyclic) bond motifs is 4. The highest BCUT2D eigenvalue weighted by atomic mass is 16.5. The van der Waals surface area contributed by atoms with Crippen LogP contribution in [-0.4, -0.2) is 19.0 Å². The Morgan fingerprint density at radius 3 is 2.95 bits per heavy atom. The maximum atomic E-state index is 12.3. The molecule has 114 valence electrons. The summed E-state index contributed by atoms with van der Waals surface area (Å²) in [5.41, 5.74) is 4.62. The summed E-state index contributed by atoms with van der Waals surface area (Å²) < 4.78 is 11.4. The van der Waals surface area contributed by atoms with Crippen molar-refractivity contribution < 1.29 is 14.3 Å². The Morgan fingerprint density at radius 2 is 2.18 bits per heavy atom. The third-order valence-corrected chi connectivity index (χ3v) is 5.42. The van der Waals surface area contributed by atoms with Gasteiger partial charge in [0.2, 0.25) is 0 Å². The topological polar surface area (TPSA) is 35.5 Å². The Bertz CT molecular complexity index is 741. The van der Waals surface area contributed by atoms with Crippen LogP contribution in [0.25, 0.3) is 5.57 Å². The number of carbonyl (C=O) groups excluding carboxylic acids is 1. The van der Waals surface area contributed by atoms with Gasteiger partial charge < -0.3 is 9.47 Å². The molecule has 2 aliphatic carbocycles. The van der Waals surface area contributed by atoms with Gasteiger partial charge in [0.25, 0.3) is 0 Å². The fourth-order valence-corrected chi connectivity index (χ4v) is 4.12. The second-order valence-electron chi connectivity index (χ2n) is 6.59. The van der Waals surface area contributed by atoms with E-state index < -0.39 is 0 Å². The molecule has 3 nitrogen and oxygen atoms in total. The summed E-state index contributed by atoms with van der Waals surface area (Å²) >= 11 is 0. The van der Waals surface area contributed by atoms with Gasteiger partial charge in [0.15, 0.2) is 0 Å². The maximum absolute atomic E-state index is 12.3. The number of ketones is 1. The van der Waals surface area contributed by atoms with Gasteiger partial charge in [0.1, 0.15) is 23.4 Å². The minimum Gasteiger partial charge on any atom is -0.497 e. The van der Waals surface area contributed by atoms with Crippen molar-refractivity contribution in [3.05, 3.63) is 41.0 Å². The third-order valence-electron chi connectivity index (χ3n) is 5.42. The minimum absolute atomic E-state index is 0.0219. The maximum Gasteiger partial charge on any atom is 0.146 e. The lowest BCUT2D eigenvalue weighted by atomic mass is 9.67. The molecule has 1 heterocycles. The van der Waals surface area contributed by atoms with Gasteiger partial charge in [0, 0.05) is 18.1 Å². The van der Waals surface area contributed by atoms with E-state index in [-0.39, 0.29) is 11.5 Å². The van der Waals surface area contributed by atoms with Crippen molar-refractivity contribution in [1.82, 2.24) is 0 Å². The fraction of sp³-hybridized carbons (Fsp3) is 0.421. The molecule has 1 aromatic rings. The van der Waals surface area contributed by atoms with Gasteiger partial charge in [-0.05, 0) is 55.5 Å². The molecule has 0 spiro atoms. The first kappa shape index (κ1) is 13.6. The van der Waals surface area contributed by atoms with Crippen LogP contribution < -0.4 is 9.47 Å². The van der Waals surface area contributed by atoms with Crippen molar-refractivity contribution >= 4 is 11.4 Å². The van der Waals surface area contributed by atoms with E-state index in [1.165, 1.54) is 16.7 Å². The first-order chi connectivity index (χ1) is 10.5. The van der Waals surface area contributed by atoms with Gasteiger partial charge in [-0.15, -0.1) is 0 Å². The highest BCUT2D eigenvalue weighted by molar-refractivity contribution is 5.97. The average molecular weight is 296 g/mol. The molecule has 0 aromatic heterocycles. The van der Waals surface area contributed by atoms with Gasteiger partial charge in [-0.3, -0.25) is 4.79 Å². The normalized spacial score (nSPS) is 29.3. The van der Waals surface area contributed by atoms with E-state index >= 15 is 0 Å². The predicted octanol–water partition coefficient (Wildman–Crippen LogP) is 3.93. The van der Waals surface area contributed by atoms with Crippen LogP contribution in [0.1, 0.15) is 38.7 Å². The molecule has 0 saturated heterocycles. The van der Waals surface area contributed by atoms with Gasteiger partial charge in [-0.25, -0.2) is 0 Å². The molecule has 1 aliphatic heterocycles. The molecule has 0 amide bonds. The molecule has 22 heavy (non-hydrogen) atoms. The Labute approximate surface area is 130 Å².